The molecule has 12 nitrogen and oxygen atoms in total. The molecule has 15 heteroatoms. The van der Waals surface area contributed by atoms with Gasteiger partial charge in [-0.15, -0.1) is 16.5 Å². The van der Waals surface area contributed by atoms with Crippen LogP contribution < -0.4 is 20.9 Å². The van der Waals surface area contributed by atoms with Gasteiger partial charge >= 0.3 is 0 Å². The van der Waals surface area contributed by atoms with E-state index in [9.17, 15) is 16.8 Å². The van der Waals surface area contributed by atoms with Gasteiger partial charge in [0.15, 0.2) is 12.5 Å². The molecule has 184 valence electrons. The first kappa shape index (κ1) is 24.1. The molecule has 0 amide bonds. The first-order chi connectivity index (χ1) is 16.7. The van der Waals surface area contributed by atoms with E-state index in [0.717, 1.165) is 4.70 Å². The molecule has 6 N–H and O–H groups in total. The number of aromatic nitrogens is 1. The number of benzene rings is 2. The third-order valence-electron chi connectivity index (χ3n) is 5.68. The number of para-hydroxylation sites is 1. The highest BCUT2D eigenvalue weighted by molar-refractivity contribution is 7.92. The molecule has 35 heavy (non-hydrogen) atoms. The lowest BCUT2D eigenvalue weighted by Gasteiger charge is -2.19. The van der Waals surface area contributed by atoms with Crippen molar-refractivity contribution in [2.75, 3.05) is 19.8 Å². The Morgan fingerprint density at radius 3 is 2.63 bits per heavy atom. The Morgan fingerprint density at radius 2 is 1.97 bits per heavy atom. The number of hydrogen-bond donors (Lipinski definition) is 4. The van der Waals surface area contributed by atoms with E-state index in [4.69, 9.17) is 10.9 Å². The van der Waals surface area contributed by atoms with Crippen molar-refractivity contribution in [2.45, 2.75) is 28.8 Å². The van der Waals surface area contributed by atoms with Crippen LogP contribution in [0.25, 0.3) is 21.3 Å². The number of primary sulfonamides is 1. The normalized spacial score (nSPS) is 18.5. The van der Waals surface area contributed by atoms with Gasteiger partial charge in [-0.3, -0.25) is 0 Å². The Morgan fingerprint density at radius 1 is 1.14 bits per heavy atom. The fourth-order valence-electron chi connectivity index (χ4n) is 4.20. The largest absolute Gasteiger partial charge is 0.325 e. The maximum atomic E-state index is 13.3. The predicted octanol–water partition coefficient (Wildman–Crippen LogP) is 0.880. The lowest BCUT2D eigenvalue weighted by molar-refractivity contribution is 0.555. The van der Waals surface area contributed by atoms with E-state index in [-0.39, 0.29) is 30.7 Å². The highest BCUT2D eigenvalue weighted by Gasteiger charge is 2.34. The van der Waals surface area contributed by atoms with Gasteiger partial charge in [0.05, 0.1) is 15.8 Å². The lowest BCUT2D eigenvalue weighted by atomic mass is 9.98. The summed E-state index contributed by atoms with van der Waals surface area (Å²) in [5.41, 5.74) is 7.28. The molecule has 0 aliphatic carbocycles. The van der Waals surface area contributed by atoms with Crippen LogP contribution in [-0.2, 0) is 26.6 Å². The van der Waals surface area contributed by atoms with Crippen LogP contribution in [0.15, 0.2) is 55.3 Å². The molecule has 0 spiro atoms. The van der Waals surface area contributed by atoms with Gasteiger partial charge in [0, 0.05) is 24.7 Å². The van der Waals surface area contributed by atoms with Crippen LogP contribution in [0.2, 0.25) is 0 Å². The maximum absolute atomic E-state index is 13.3. The Bertz CT molecular complexity index is 1590. The minimum absolute atomic E-state index is 0.0139. The summed E-state index contributed by atoms with van der Waals surface area (Å²) in [5.74, 6) is -0.0186. The SMILES string of the molecule is NCc1nc2c(-c3ccc(S(=O)(=O)NC4CCNC4)c(S(N)(=O)=O)c3C3=NCN=N3)cccc2s1. The molecule has 0 radical (unpaired) electrons. The lowest BCUT2D eigenvalue weighted by Crippen LogP contribution is -2.37. The smallest absolute Gasteiger partial charge is 0.242 e. The molecule has 1 unspecified atom stereocenters. The molecular weight excluding hydrogens is 512 g/mol. The number of thiazole rings is 1. The highest BCUT2D eigenvalue weighted by Crippen LogP contribution is 2.38. The number of rotatable bonds is 7. The Hall–Kier alpha value is -2.66. The number of nitrogens with one attached hydrogen (secondary N) is 2. The maximum Gasteiger partial charge on any atom is 0.242 e. The summed E-state index contributed by atoms with van der Waals surface area (Å²) in [6.07, 6.45) is 0.575. The monoisotopic (exact) mass is 534 g/mol. The first-order valence-electron chi connectivity index (χ1n) is 10.6. The van der Waals surface area contributed by atoms with E-state index >= 15 is 0 Å². The van der Waals surface area contributed by atoms with Gasteiger partial charge in [-0.05, 0) is 30.7 Å². The molecule has 0 bridgehead atoms. The van der Waals surface area contributed by atoms with Gasteiger partial charge in [-0.25, -0.2) is 36.7 Å². The molecule has 3 aromatic rings. The number of sulfonamides is 2. The molecular formula is C20H22N8O4S3. The number of amidine groups is 1. The topological polar surface area (TPSA) is 194 Å². The van der Waals surface area contributed by atoms with Crippen LogP contribution in [0.5, 0.6) is 0 Å². The number of azo groups is 1. The van der Waals surface area contributed by atoms with Crippen molar-refractivity contribution in [3.8, 4) is 11.1 Å². The zero-order chi connectivity index (χ0) is 24.8. The number of fused-ring (bicyclic) bond motifs is 1. The van der Waals surface area contributed by atoms with Gasteiger partial charge in [-0.1, -0.05) is 18.2 Å². The minimum Gasteiger partial charge on any atom is -0.325 e. The van der Waals surface area contributed by atoms with Crippen molar-refractivity contribution >= 4 is 47.4 Å². The molecule has 0 saturated carbocycles. The van der Waals surface area contributed by atoms with E-state index in [1.807, 2.05) is 6.07 Å². The summed E-state index contributed by atoms with van der Waals surface area (Å²) < 4.78 is 56.0. The fraction of sp³-hybridized carbons (Fsp3) is 0.300. The summed E-state index contributed by atoms with van der Waals surface area (Å²) in [7, 11) is -8.81. The second-order valence-corrected chi connectivity index (χ2v) is 12.3. The van der Waals surface area contributed by atoms with Crippen molar-refractivity contribution in [3.63, 3.8) is 0 Å². The minimum atomic E-state index is -4.56. The summed E-state index contributed by atoms with van der Waals surface area (Å²) in [5, 5.41) is 17.2. The van der Waals surface area contributed by atoms with Gasteiger partial charge in [0.2, 0.25) is 20.0 Å². The molecule has 5 rings (SSSR count). The molecule has 1 aromatic heterocycles. The van der Waals surface area contributed by atoms with Crippen molar-refractivity contribution in [1.82, 2.24) is 15.0 Å². The van der Waals surface area contributed by atoms with Crippen LogP contribution in [0, 0.1) is 0 Å². The Balaban J connectivity index is 1.81. The van der Waals surface area contributed by atoms with Crippen molar-refractivity contribution in [1.29, 1.82) is 0 Å². The van der Waals surface area contributed by atoms with Gasteiger partial charge in [0.1, 0.15) is 14.8 Å². The average molecular weight is 535 g/mol. The third-order valence-corrected chi connectivity index (χ3v) is 9.41. The second kappa shape index (κ2) is 9.09. The third kappa shape index (κ3) is 4.51. The van der Waals surface area contributed by atoms with Crippen molar-refractivity contribution in [3.05, 3.63) is 40.9 Å². The number of hydrogen-bond acceptors (Lipinski definition) is 11. The zero-order valence-electron chi connectivity index (χ0n) is 18.3. The summed E-state index contributed by atoms with van der Waals surface area (Å²) in [6, 6.07) is 7.83. The van der Waals surface area contributed by atoms with Crippen LogP contribution in [0.4, 0.5) is 0 Å². The first-order valence-corrected chi connectivity index (χ1v) is 14.5. The fourth-order valence-corrected chi connectivity index (χ4v) is 7.94. The predicted molar refractivity (Wildman–Crippen MR) is 132 cm³/mol. The molecule has 1 saturated heterocycles. The van der Waals surface area contributed by atoms with Gasteiger partial charge < -0.3 is 11.1 Å². The van der Waals surface area contributed by atoms with E-state index in [1.54, 1.807) is 12.1 Å². The van der Waals surface area contributed by atoms with Crippen LogP contribution in [-0.4, -0.2) is 53.5 Å². The zero-order valence-corrected chi connectivity index (χ0v) is 20.8. The van der Waals surface area contributed by atoms with Crippen LogP contribution in [0.3, 0.4) is 0 Å². The summed E-state index contributed by atoms with van der Waals surface area (Å²) in [4.78, 5) is 7.73. The van der Waals surface area contributed by atoms with Crippen molar-refractivity contribution in [2.24, 2.45) is 26.1 Å². The van der Waals surface area contributed by atoms with E-state index < -0.39 is 29.8 Å². The summed E-state index contributed by atoms with van der Waals surface area (Å²) in [6.45, 7) is 1.32. The molecule has 2 aliphatic rings. The highest BCUT2D eigenvalue weighted by atomic mass is 32.2. The molecule has 3 heterocycles. The van der Waals surface area contributed by atoms with E-state index in [2.05, 4.69) is 30.2 Å². The van der Waals surface area contributed by atoms with Crippen molar-refractivity contribution < 1.29 is 16.8 Å². The average Bonchev–Trinajstić information content (AvgIpc) is 3.58. The van der Waals surface area contributed by atoms with Gasteiger partial charge in [0.25, 0.3) is 0 Å². The van der Waals surface area contributed by atoms with E-state index in [1.165, 1.54) is 23.5 Å². The van der Waals surface area contributed by atoms with Gasteiger partial charge in [-0.2, -0.15) is 5.11 Å². The second-order valence-electron chi connectivity index (χ2n) is 8.00. The number of aliphatic imine (C=N–C) groups is 1. The molecule has 1 atom stereocenters. The number of nitrogens with zero attached hydrogens (tertiary/aromatic N) is 4. The standard InChI is InChI=1S/C20H22N8O4S3/c21-8-16-26-18-13(2-1-3-14(18)33-16)12-4-5-15(35(31,32)28-11-6-7-23-9-11)19(34(22,29)30)17(12)20-24-10-25-27-20/h1-5,11,23,28H,6-10,21H2,(H2,22,29,30). The quantitative estimate of drug-likeness (QED) is 0.345. The number of nitrogens with two attached hydrogens (primary N) is 2. The molecule has 2 aliphatic heterocycles. The summed E-state index contributed by atoms with van der Waals surface area (Å²) >= 11 is 1.42. The molecule has 1 fully saturated rings. The van der Waals surface area contributed by atoms with E-state index in [0.29, 0.717) is 41.2 Å². The Kier molecular flexibility index (Phi) is 6.25. The van der Waals surface area contributed by atoms with Crippen LogP contribution in [0.1, 0.15) is 17.0 Å². The Labute approximate surface area is 205 Å². The van der Waals surface area contributed by atoms with Crippen LogP contribution >= 0.6 is 11.3 Å². The molecule has 2 aromatic carbocycles.